The van der Waals surface area contributed by atoms with Crippen molar-refractivity contribution >= 4 is 11.8 Å². The fourth-order valence-electron chi connectivity index (χ4n) is 3.70. The Hall–Kier alpha value is -3.87. The third-order valence-electron chi connectivity index (χ3n) is 5.62. The molecule has 36 heavy (non-hydrogen) atoms. The molecule has 0 saturated heterocycles. The molecule has 0 bridgehead atoms. The summed E-state index contributed by atoms with van der Waals surface area (Å²) < 4.78 is 24.3. The molecule has 0 radical (unpaired) electrons. The summed E-state index contributed by atoms with van der Waals surface area (Å²) >= 11 is 0. The Kier molecular flexibility index (Phi) is 9.86. The highest BCUT2D eigenvalue weighted by Gasteiger charge is 2.30. The fourth-order valence-corrected chi connectivity index (χ4v) is 3.70. The average molecular weight is 493 g/mol. The van der Waals surface area contributed by atoms with Crippen molar-refractivity contribution < 1.29 is 23.5 Å². The topological polar surface area (TPSA) is 67.9 Å². The van der Waals surface area contributed by atoms with Gasteiger partial charge >= 0.3 is 0 Å². The number of hydrogen-bond donors (Lipinski definition) is 1. The monoisotopic (exact) mass is 492 g/mol. The van der Waals surface area contributed by atoms with Crippen molar-refractivity contribution in [2.45, 2.75) is 32.9 Å². The molecule has 1 atom stereocenters. The molecule has 0 fully saturated rings. The standard InChI is InChI=1S/C29H33FN2O4/c1-21(2)18-31-29(34)27(17-22-8-5-4-6-9-22)32(19-23-10-7-11-26(16-23)35-3)28(33)20-36-25-14-12-24(30)13-15-25/h4-16,21,27H,17-20H2,1-3H3,(H,31,34)/t27-/m1/s1. The zero-order chi connectivity index (χ0) is 25.9. The number of benzene rings is 3. The number of rotatable bonds is 12. The van der Waals surface area contributed by atoms with E-state index in [9.17, 15) is 14.0 Å². The number of methoxy groups -OCH3 is 1. The number of amides is 2. The van der Waals surface area contributed by atoms with Crippen LogP contribution in [0, 0.1) is 11.7 Å². The predicted molar refractivity (Wildman–Crippen MR) is 137 cm³/mol. The van der Waals surface area contributed by atoms with Gasteiger partial charge in [-0.2, -0.15) is 0 Å². The lowest BCUT2D eigenvalue weighted by Gasteiger charge is -2.31. The molecule has 0 heterocycles. The van der Waals surface area contributed by atoms with Crippen molar-refractivity contribution in [3.63, 3.8) is 0 Å². The third-order valence-corrected chi connectivity index (χ3v) is 5.62. The highest BCUT2D eigenvalue weighted by atomic mass is 19.1. The van der Waals surface area contributed by atoms with Crippen LogP contribution < -0.4 is 14.8 Å². The molecule has 3 rings (SSSR count). The maximum Gasteiger partial charge on any atom is 0.261 e. The van der Waals surface area contributed by atoms with Crippen molar-refractivity contribution in [2.24, 2.45) is 5.92 Å². The first-order valence-corrected chi connectivity index (χ1v) is 12.0. The van der Waals surface area contributed by atoms with Crippen LogP contribution in [0.3, 0.4) is 0 Å². The predicted octanol–water partition coefficient (Wildman–Crippen LogP) is 4.63. The van der Waals surface area contributed by atoms with E-state index in [1.54, 1.807) is 12.0 Å². The molecule has 0 aliphatic carbocycles. The molecule has 0 aromatic heterocycles. The van der Waals surface area contributed by atoms with Crippen LogP contribution in [-0.4, -0.2) is 43.0 Å². The number of carbonyl (C=O) groups excluding carboxylic acids is 2. The molecule has 2 amide bonds. The van der Waals surface area contributed by atoms with Crippen LogP contribution in [0.25, 0.3) is 0 Å². The quantitative estimate of drug-likeness (QED) is 0.401. The molecule has 0 aliphatic rings. The fraction of sp³-hybridized carbons (Fsp3) is 0.310. The summed E-state index contributed by atoms with van der Waals surface area (Å²) in [5.74, 6) is 0.309. The Morgan fingerprint density at radius 2 is 1.61 bits per heavy atom. The molecule has 0 aliphatic heterocycles. The summed E-state index contributed by atoms with van der Waals surface area (Å²) in [6.45, 7) is 4.43. The summed E-state index contributed by atoms with van der Waals surface area (Å²) in [5.41, 5.74) is 1.75. The molecular formula is C29H33FN2O4. The second-order valence-corrected chi connectivity index (χ2v) is 8.96. The molecule has 0 spiro atoms. The molecule has 3 aromatic carbocycles. The smallest absolute Gasteiger partial charge is 0.261 e. The Labute approximate surface area is 212 Å². The van der Waals surface area contributed by atoms with Crippen LogP contribution in [0.5, 0.6) is 11.5 Å². The van der Waals surface area contributed by atoms with Gasteiger partial charge < -0.3 is 19.7 Å². The van der Waals surface area contributed by atoms with Crippen LogP contribution in [0.1, 0.15) is 25.0 Å². The SMILES string of the molecule is COc1cccc(CN(C(=O)COc2ccc(F)cc2)[C@H](Cc2ccccc2)C(=O)NCC(C)C)c1. The second-order valence-electron chi connectivity index (χ2n) is 8.96. The van der Waals surface area contributed by atoms with E-state index in [4.69, 9.17) is 9.47 Å². The number of halogens is 1. The van der Waals surface area contributed by atoms with E-state index in [-0.39, 0.29) is 30.9 Å². The van der Waals surface area contributed by atoms with Crippen molar-refractivity contribution in [3.8, 4) is 11.5 Å². The zero-order valence-electron chi connectivity index (χ0n) is 20.9. The van der Waals surface area contributed by atoms with Gasteiger partial charge in [0.05, 0.1) is 7.11 Å². The number of carbonyl (C=O) groups is 2. The molecule has 6 nitrogen and oxygen atoms in total. The number of hydrogen-bond acceptors (Lipinski definition) is 4. The van der Waals surface area contributed by atoms with E-state index in [0.717, 1.165) is 11.1 Å². The maximum absolute atomic E-state index is 13.5. The Morgan fingerprint density at radius 3 is 2.28 bits per heavy atom. The highest BCUT2D eigenvalue weighted by molar-refractivity contribution is 5.88. The molecule has 7 heteroatoms. The van der Waals surface area contributed by atoms with E-state index >= 15 is 0 Å². The van der Waals surface area contributed by atoms with Gasteiger partial charge in [-0.15, -0.1) is 0 Å². The lowest BCUT2D eigenvalue weighted by Crippen LogP contribution is -2.52. The minimum Gasteiger partial charge on any atom is -0.497 e. The highest BCUT2D eigenvalue weighted by Crippen LogP contribution is 2.19. The third kappa shape index (κ3) is 8.12. The lowest BCUT2D eigenvalue weighted by atomic mass is 10.0. The van der Waals surface area contributed by atoms with E-state index in [0.29, 0.717) is 24.5 Å². The Bertz CT molecular complexity index is 1120. The lowest BCUT2D eigenvalue weighted by molar-refractivity contribution is -0.142. The van der Waals surface area contributed by atoms with Gasteiger partial charge in [-0.1, -0.05) is 56.3 Å². The first-order valence-electron chi connectivity index (χ1n) is 12.0. The summed E-state index contributed by atoms with van der Waals surface area (Å²) in [7, 11) is 1.58. The number of ether oxygens (including phenoxy) is 2. The first kappa shape index (κ1) is 26.7. The van der Waals surface area contributed by atoms with Gasteiger partial charge in [-0.25, -0.2) is 4.39 Å². The molecule has 0 unspecified atom stereocenters. The molecular weight excluding hydrogens is 459 g/mol. The summed E-state index contributed by atoms with van der Waals surface area (Å²) in [6, 6.07) is 21.7. The van der Waals surface area contributed by atoms with Gasteiger partial charge in [0.15, 0.2) is 6.61 Å². The van der Waals surface area contributed by atoms with Crippen molar-refractivity contribution in [1.29, 1.82) is 0 Å². The minimum absolute atomic E-state index is 0.190. The molecule has 3 aromatic rings. The average Bonchev–Trinajstić information content (AvgIpc) is 2.89. The van der Waals surface area contributed by atoms with Crippen molar-refractivity contribution in [1.82, 2.24) is 10.2 Å². The normalized spacial score (nSPS) is 11.6. The van der Waals surface area contributed by atoms with Gasteiger partial charge in [0.25, 0.3) is 5.91 Å². The Balaban J connectivity index is 1.90. The molecule has 190 valence electrons. The van der Waals surface area contributed by atoms with Crippen LogP contribution in [0.2, 0.25) is 0 Å². The molecule has 0 saturated carbocycles. The van der Waals surface area contributed by atoms with Gasteiger partial charge in [0.1, 0.15) is 23.4 Å². The second kappa shape index (κ2) is 13.3. The summed E-state index contributed by atoms with van der Waals surface area (Å²) in [6.07, 6.45) is 0.344. The number of nitrogens with zero attached hydrogens (tertiary/aromatic N) is 1. The van der Waals surface area contributed by atoms with Gasteiger partial charge in [0, 0.05) is 19.5 Å². The van der Waals surface area contributed by atoms with E-state index in [1.807, 2.05) is 68.4 Å². The van der Waals surface area contributed by atoms with E-state index in [2.05, 4.69) is 5.32 Å². The van der Waals surface area contributed by atoms with Crippen LogP contribution in [-0.2, 0) is 22.6 Å². The van der Waals surface area contributed by atoms with Crippen LogP contribution in [0.15, 0.2) is 78.9 Å². The van der Waals surface area contributed by atoms with Crippen molar-refractivity contribution in [2.75, 3.05) is 20.3 Å². The summed E-state index contributed by atoms with van der Waals surface area (Å²) in [5, 5.41) is 2.99. The Morgan fingerprint density at radius 1 is 0.917 bits per heavy atom. The maximum atomic E-state index is 13.5. The van der Waals surface area contributed by atoms with Crippen LogP contribution in [0.4, 0.5) is 4.39 Å². The largest absolute Gasteiger partial charge is 0.497 e. The first-order chi connectivity index (χ1) is 17.4. The summed E-state index contributed by atoms with van der Waals surface area (Å²) in [4.78, 5) is 28.5. The van der Waals surface area contributed by atoms with Crippen molar-refractivity contribution in [3.05, 3.63) is 95.8 Å². The van der Waals surface area contributed by atoms with E-state index < -0.39 is 11.9 Å². The van der Waals surface area contributed by atoms with Gasteiger partial charge in [0.2, 0.25) is 5.91 Å². The number of nitrogens with one attached hydrogen (secondary N) is 1. The van der Waals surface area contributed by atoms with Gasteiger partial charge in [-0.05, 0) is 53.4 Å². The van der Waals surface area contributed by atoms with Crippen LogP contribution >= 0.6 is 0 Å². The van der Waals surface area contributed by atoms with Gasteiger partial charge in [-0.3, -0.25) is 9.59 Å². The molecule has 1 N–H and O–H groups in total. The zero-order valence-corrected chi connectivity index (χ0v) is 20.9. The minimum atomic E-state index is -0.762. The van der Waals surface area contributed by atoms with E-state index in [1.165, 1.54) is 24.3 Å².